The number of sulfonamides is 1. The van der Waals surface area contributed by atoms with Crippen LogP contribution in [0.1, 0.15) is 64.2 Å². The second-order valence-corrected chi connectivity index (χ2v) is 12.6. The van der Waals surface area contributed by atoms with Gasteiger partial charge in [-0.1, -0.05) is 50.3 Å². The van der Waals surface area contributed by atoms with Gasteiger partial charge in [0.25, 0.3) is 0 Å². The fourth-order valence-corrected chi connectivity index (χ4v) is 7.50. The molecule has 1 aliphatic heterocycles. The molecule has 3 aliphatic rings. The van der Waals surface area contributed by atoms with E-state index in [4.69, 9.17) is 0 Å². The van der Waals surface area contributed by atoms with Gasteiger partial charge in [0.2, 0.25) is 15.9 Å². The van der Waals surface area contributed by atoms with E-state index in [9.17, 15) is 13.2 Å². The summed E-state index contributed by atoms with van der Waals surface area (Å²) in [6, 6.07) is 4.15. The summed E-state index contributed by atoms with van der Waals surface area (Å²) in [5, 5.41) is 0.702. The molecule has 0 unspecified atom stereocenters. The highest BCUT2D eigenvalue weighted by molar-refractivity contribution is 7.99. The van der Waals surface area contributed by atoms with Crippen LogP contribution < -0.4 is 0 Å². The van der Waals surface area contributed by atoms with Crippen molar-refractivity contribution in [1.29, 1.82) is 0 Å². The molecule has 4 rings (SSSR count). The van der Waals surface area contributed by atoms with Crippen LogP contribution >= 0.6 is 11.8 Å². The van der Waals surface area contributed by atoms with Crippen molar-refractivity contribution in [3.63, 3.8) is 0 Å². The highest BCUT2D eigenvalue weighted by Gasteiger charge is 2.32. The number of nitrogens with zero attached hydrogens (tertiary/aromatic N) is 4. The number of aromatic nitrogens is 1. The van der Waals surface area contributed by atoms with E-state index in [2.05, 4.69) is 14.8 Å². The molecule has 1 saturated heterocycles. The Hall–Kier alpha value is -1.16. The number of hydrogen-bond donors (Lipinski definition) is 0. The summed E-state index contributed by atoms with van der Waals surface area (Å²) in [7, 11) is -1.51. The molecule has 9 heteroatoms. The standard InChI is InChI=1S/C24H38N4O3S2/c1-26-14-16-27(17-15-26)33(30,31)22-12-13-23(25-18-22)32-19-24(29)28(20-8-4-2-5-9-20)21-10-6-3-7-11-21/h12-13,18,20-21H,2-11,14-17,19H2,1H3. The number of thioether (sulfide) groups is 1. The van der Waals surface area contributed by atoms with Crippen LogP contribution in [-0.4, -0.2) is 84.5 Å². The van der Waals surface area contributed by atoms with E-state index in [1.807, 2.05) is 7.05 Å². The SMILES string of the molecule is CN1CCN(S(=O)(=O)c2ccc(SCC(=O)N(C3CCCCC3)C3CCCCC3)nc2)CC1. The molecule has 1 aromatic rings. The van der Waals surface area contributed by atoms with Gasteiger partial charge in [-0.3, -0.25) is 4.79 Å². The van der Waals surface area contributed by atoms with Crippen molar-refractivity contribution in [3.8, 4) is 0 Å². The molecule has 0 spiro atoms. The predicted molar refractivity (Wildman–Crippen MR) is 132 cm³/mol. The number of likely N-dealkylation sites (N-methyl/N-ethyl adjacent to an activating group) is 1. The predicted octanol–water partition coefficient (Wildman–Crippen LogP) is 3.60. The molecule has 1 amide bonds. The van der Waals surface area contributed by atoms with Gasteiger partial charge >= 0.3 is 0 Å². The molecule has 0 N–H and O–H groups in total. The summed E-state index contributed by atoms with van der Waals surface area (Å²) in [5.74, 6) is 0.583. The van der Waals surface area contributed by atoms with E-state index in [-0.39, 0.29) is 10.8 Å². The number of carbonyl (C=O) groups excluding carboxylic acids is 1. The highest BCUT2D eigenvalue weighted by Crippen LogP contribution is 2.31. The third-order valence-electron chi connectivity index (χ3n) is 7.38. The quantitative estimate of drug-likeness (QED) is 0.539. The lowest BCUT2D eigenvalue weighted by molar-refractivity contribution is -0.135. The monoisotopic (exact) mass is 494 g/mol. The van der Waals surface area contributed by atoms with Crippen LogP contribution in [0.2, 0.25) is 0 Å². The van der Waals surface area contributed by atoms with Crippen LogP contribution in [0.25, 0.3) is 0 Å². The Morgan fingerprint density at radius 1 is 0.970 bits per heavy atom. The molecule has 2 aliphatic carbocycles. The van der Waals surface area contributed by atoms with Crippen molar-refractivity contribution >= 4 is 27.7 Å². The van der Waals surface area contributed by atoms with Crippen molar-refractivity contribution in [3.05, 3.63) is 18.3 Å². The zero-order valence-electron chi connectivity index (χ0n) is 19.8. The summed E-state index contributed by atoms with van der Waals surface area (Å²) < 4.78 is 27.4. The summed E-state index contributed by atoms with van der Waals surface area (Å²) >= 11 is 1.42. The van der Waals surface area contributed by atoms with E-state index in [0.717, 1.165) is 38.8 Å². The van der Waals surface area contributed by atoms with E-state index in [1.165, 1.54) is 60.8 Å². The van der Waals surface area contributed by atoms with Gasteiger partial charge < -0.3 is 9.80 Å². The molecule has 184 valence electrons. The van der Waals surface area contributed by atoms with Gasteiger partial charge in [-0.15, -0.1) is 0 Å². The molecular formula is C24H38N4O3S2. The van der Waals surface area contributed by atoms with E-state index in [1.54, 1.807) is 12.1 Å². The topological polar surface area (TPSA) is 73.8 Å². The van der Waals surface area contributed by atoms with Gasteiger partial charge in [0.1, 0.15) is 4.90 Å². The van der Waals surface area contributed by atoms with Gasteiger partial charge in [-0.2, -0.15) is 4.31 Å². The Bertz CT molecular complexity index is 855. The molecule has 0 atom stereocenters. The summed E-state index contributed by atoms with van der Waals surface area (Å²) in [6.45, 7) is 2.48. The fraction of sp³-hybridized carbons (Fsp3) is 0.750. The molecule has 0 bridgehead atoms. The maximum absolute atomic E-state index is 13.3. The second-order valence-electron chi connectivity index (χ2n) is 9.71. The van der Waals surface area contributed by atoms with Crippen molar-refractivity contribution < 1.29 is 13.2 Å². The maximum atomic E-state index is 13.3. The first kappa shape index (κ1) is 24.9. The lowest BCUT2D eigenvalue weighted by atomic mass is 9.88. The Labute approximate surface area is 203 Å². The van der Waals surface area contributed by atoms with Crippen LogP contribution in [-0.2, 0) is 14.8 Å². The minimum atomic E-state index is -3.52. The van der Waals surface area contributed by atoms with E-state index in [0.29, 0.717) is 36.0 Å². The van der Waals surface area contributed by atoms with Gasteiger partial charge in [0.15, 0.2) is 0 Å². The number of amides is 1. The molecule has 7 nitrogen and oxygen atoms in total. The maximum Gasteiger partial charge on any atom is 0.244 e. The lowest BCUT2D eigenvalue weighted by Crippen LogP contribution is -2.49. The average molecular weight is 495 g/mol. The van der Waals surface area contributed by atoms with Gasteiger partial charge in [0.05, 0.1) is 10.8 Å². The van der Waals surface area contributed by atoms with Crippen LogP contribution in [0.15, 0.2) is 28.3 Å². The smallest absolute Gasteiger partial charge is 0.244 e. The van der Waals surface area contributed by atoms with Gasteiger partial charge in [0, 0.05) is 44.5 Å². The summed E-state index contributed by atoms with van der Waals surface area (Å²) in [4.78, 5) is 22.3. The summed E-state index contributed by atoms with van der Waals surface area (Å²) in [6.07, 6.45) is 13.4. The summed E-state index contributed by atoms with van der Waals surface area (Å²) in [5.41, 5.74) is 0. The normalized spacial score (nSPS) is 22.3. The molecule has 2 saturated carbocycles. The van der Waals surface area contributed by atoms with Gasteiger partial charge in [-0.25, -0.2) is 13.4 Å². The van der Waals surface area contributed by atoms with Crippen LogP contribution in [0, 0.1) is 0 Å². The van der Waals surface area contributed by atoms with Crippen molar-refractivity contribution in [2.45, 2.75) is 86.2 Å². The Morgan fingerprint density at radius 3 is 2.06 bits per heavy atom. The largest absolute Gasteiger partial charge is 0.336 e. The number of pyridine rings is 1. The van der Waals surface area contributed by atoms with Crippen molar-refractivity contribution in [1.82, 2.24) is 19.1 Å². The van der Waals surface area contributed by atoms with Crippen molar-refractivity contribution in [2.24, 2.45) is 0 Å². The highest BCUT2D eigenvalue weighted by atomic mass is 32.2. The Balaban J connectivity index is 1.37. The van der Waals surface area contributed by atoms with Crippen LogP contribution in [0.5, 0.6) is 0 Å². The number of hydrogen-bond acceptors (Lipinski definition) is 6. The van der Waals surface area contributed by atoms with Crippen LogP contribution in [0.4, 0.5) is 0 Å². The van der Waals surface area contributed by atoms with Crippen LogP contribution in [0.3, 0.4) is 0 Å². The molecular weight excluding hydrogens is 456 g/mol. The Kier molecular flexibility index (Phi) is 8.70. The minimum Gasteiger partial charge on any atom is -0.336 e. The number of carbonyl (C=O) groups is 1. The third-order valence-corrected chi connectivity index (χ3v) is 10.2. The molecule has 2 heterocycles. The molecule has 1 aromatic heterocycles. The average Bonchev–Trinajstić information content (AvgIpc) is 2.85. The fourth-order valence-electron chi connectivity index (χ4n) is 5.42. The van der Waals surface area contributed by atoms with Gasteiger partial charge in [-0.05, 0) is 44.9 Å². The number of piperazine rings is 1. The first-order valence-electron chi connectivity index (χ1n) is 12.5. The zero-order chi connectivity index (χ0) is 23.3. The minimum absolute atomic E-state index is 0.217. The molecule has 33 heavy (non-hydrogen) atoms. The first-order valence-corrected chi connectivity index (χ1v) is 15.0. The van der Waals surface area contributed by atoms with E-state index >= 15 is 0 Å². The third kappa shape index (κ3) is 6.29. The lowest BCUT2D eigenvalue weighted by Gasteiger charge is -2.41. The first-order chi connectivity index (χ1) is 15.9. The molecule has 0 radical (unpaired) electrons. The molecule has 0 aromatic carbocycles. The number of rotatable bonds is 7. The Morgan fingerprint density at radius 2 is 1.55 bits per heavy atom. The zero-order valence-corrected chi connectivity index (χ0v) is 21.5. The van der Waals surface area contributed by atoms with E-state index < -0.39 is 10.0 Å². The van der Waals surface area contributed by atoms with Crippen molar-refractivity contribution in [2.75, 3.05) is 39.0 Å². The molecule has 3 fully saturated rings. The second kappa shape index (κ2) is 11.5.